The summed E-state index contributed by atoms with van der Waals surface area (Å²) in [6, 6.07) is 10.0. The van der Waals surface area contributed by atoms with E-state index in [9.17, 15) is 4.79 Å². The van der Waals surface area contributed by atoms with Crippen molar-refractivity contribution >= 4 is 12.1 Å². The topological polar surface area (TPSA) is 50.2 Å². The molecule has 0 radical (unpaired) electrons. The number of carbonyl (C=O) groups excluding carboxylic acids is 1. The van der Waals surface area contributed by atoms with E-state index in [1.54, 1.807) is 11.1 Å². The van der Waals surface area contributed by atoms with Gasteiger partial charge in [-0.15, -0.1) is 0 Å². The largest absolute Gasteiger partial charge is 0.336 e. The summed E-state index contributed by atoms with van der Waals surface area (Å²) < 4.78 is 1.98. The van der Waals surface area contributed by atoms with Gasteiger partial charge in [0.15, 0.2) is 0 Å². The van der Waals surface area contributed by atoms with E-state index in [1.165, 1.54) is 0 Å². The fraction of sp³-hybridized carbons (Fsp3) is 0.368. The lowest BCUT2D eigenvalue weighted by atomic mass is 10.1. The monoisotopic (exact) mass is 324 g/mol. The molecule has 0 spiro atoms. The fourth-order valence-corrected chi connectivity index (χ4v) is 2.74. The molecule has 0 saturated heterocycles. The molecule has 2 amide bonds. The molecule has 5 nitrogen and oxygen atoms in total. The summed E-state index contributed by atoms with van der Waals surface area (Å²) in [6.45, 7) is 0.568. The third-order valence-corrected chi connectivity index (χ3v) is 4.34. The van der Waals surface area contributed by atoms with Gasteiger partial charge in [-0.25, -0.2) is 9.78 Å². The van der Waals surface area contributed by atoms with Crippen LogP contribution in [0.15, 0.2) is 48.8 Å². The van der Waals surface area contributed by atoms with Gasteiger partial charge < -0.3 is 14.8 Å². The van der Waals surface area contributed by atoms with Crippen LogP contribution in [0.4, 0.5) is 4.79 Å². The molecule has 24 heavy (non-hydrogen) atoms. The van der Waals surface area contributed by atoms with Crippen LogP contribution < -0.4 is 5.32 Å². The highest BCUT2D eigenvalue weighted by atomic mass is 16.2. The molecular formula is C19H24N4O. The van der Waals surface area contributed by atoms with Gasteiger partial charge >= 0.3 is 6.03 Å². The predicted octanol–water partition coefficient (Wildman–Crippen LogP) is 3.23. The fourth-order valence-electron chi connectivity index (χ4n) is 2.74. The van der Waals surface area contributed by atoms with E-state index in [1.807, 2.05) is 67.3 Å². The van der Waals surface area contributed by atoms with Crippen molar-refractivity contribution in [3.63, 3.8) is 0 Å². The van der Waals surface area contributed by atoms with Gasteiger partial charge in [0, 0.05) is 33.0 Å². The van der Waals surface area contributed by atoms with Crippen LogP contribution in [0.5, 0.6) is 0 Å². The second-order valence-corrected chi connectivity index (χ2v) is 6.35. The first kappa shape index (κ1) is 16.3. The summed E-state index contributed by atoms with van der Waals surface area (Å²) in [5.41, 5.74) is 1.13. The second-order valence-electron chi connectivity index (χ2n) is 6.35. The Morgan fingerprint density at radius 1 is 1.42 bits per heavy atom. The van der Waals surface area contributed by atoms with Crippen molar-refractivity contribution in [3.05, 3.63) is 60.2 Å². The summed E-state index contributed by atoms with van der Waals surface area (Å²) >= 11 is 0. The molecule has 0 aliphatic heterocycles. The summed E-state index contributed by atoms with van der Waals surface area (Å²) in [4.78, 5) is 18.6. The number of imidazole rings is 1. The van der Waals surface area contributed by atoms with Crippen LogP contribution in [0.25, 0.3) is 6.08 Å². The molecule has 1 aliphatic carbocycles. The first-order chi connectivity index (χ1) is 11.6. The normalized spacial score (nSPS) is 15.4. The van der Waals surface area contributed by atoms with Crippen molar-refractivity contribution in [2.75, 3.05) is 13.6 Å². The number of urea groups is 1. The minimum atomic E-state index is -0.0624. The highest BCUT2D eigenvalue weighted by Crippen LogP contribution is 2.40. The van der Waals surface area contributed by atoms with E-state index in [0.717, 1.165) is 24.2 Å². The maximum Gasteiger partial charge on any atom is 0.318 e. The number of hydrogen-bond donors (Lipinski definition) is 1. The maximum atomic E-state index is 12.5. The molecule has 1 aliphatic rings. The third kappa shape index (κ3) is 4.04. The molecule has 1 aromatic heterocycles. The lowest BCUT2D eigenvalue weighted by Crippen LogP contribution is -2.40. The number of rotatable bonds is 6. The van der Waals surface area contributed by atoms with Crippen molar-refractivity contribution in [2.24, 2.45) is 13.0 Å². The predicted molar refractivity (Wildman–Crippen MR) is 95.3 cm³/mol. The van der Waals surface area contributed by atoms with Crippen molar-refractivity contribution in [2.45, 2.75) is 18.9 Å². The van der Waals surface area contributed by atoms with Crippen LogP contribution in [0, 0.1) is 5.92 Å². The number of hydrogen-bond acceptors (Lipinski definition) is 2. The highest BCUT2D eigenvalue weighted by molar-refractivity contribution is 5.74. The lowest BCUT2D eigenvalue weighted by molar-refractivity contribution is 0.206. The molecule has 1 atom stereocenters. The lowest BCUT2D eigenvalue weighted by Gasteiger charge is -2.22. The number of likely N-dealkylation sites (N-methyl/N-ethyl adjacent to an activating group) is 1. The van der Waals surface area contributed by atoms with Gasteiger partial charge in [-0.2, -0.15) is 0 Å². The van der Waals surface area contributed by atoms with E-state index in [2.05, 4.69) is 10.3 Å². The number of aromatic nitrogens is 2. The quantitative estimate of drug-likeness (QED) is 0.887. The van der Waals surface area contributed by atoms with Crippen LogP contribution in [-0.2, 0) is 7.05 Å². The smallest absolute Gasteiger partial charge is 0.318 e. The van der Waals surface area contributed by atoms with Crippen LogP contribution in [0.3, 0.4) is 0 Å². The van der Waals surface area contributed by atoms with E-state index < -0.39 is 0 Å². The van der Waals surface area contributed by atoms with Crippen molar-refractivity contribution < 1.29 is 4.79 Å². The van der Waals surface area contributed by atoms with E-state index >= 15 is 0 Å². The molecule has 1 heterocycles. The number of nitrogens with one attached hydrogen (secondary N) is 1. The van der Waals surface area contributed by atoms with Gasteiger partial charge in [-0.1, -0.05) is 42.5 Å². The molecule has 1 aromatic carbocycles. The molecule has 3 rings (SSSR count). The second kappa shape index (κ2) is 7.34. The standard InChI is InChI=1S/C19H24N4O/c1-22-14-12-20-18(22)17(16-10-11-16)21-19(24)23(2)13-6-9-15-7-4-3-5-8-15/h3-9,12,14,16-17H,10-11,13H2,1-2H3,(H,21,24)/b9-6+. The van der Waals surface area contributed by atoms with Gasteiger partial charge in [0.25, 0.3) is 0 Å². The van der Waals surface area contributed by atoms with Gasteiger partial charge in [0.2, 0.25) is 0 Å². The Bertz CT molecular complexity index is 703. The van der Waals surface area contributed by atoms with Gasteiger partial charge in [-0.3, -0.25) is 0 Å². The molecule has 5 heteroatoms. The number of nitrogens with zero attached hydrogens (tertiary/aromatic N) is 3. The Morgan fingerprint density at radius 2 is 2.17 bits per heavy atom. The number of benzene rings is 1. The highest BCUT2D eigenvalue weighted by Gasteiger charge is 2.36. The third-order valence-electron chi connectivity index (χ3n) is 4.34. The summed E-state index contributed by atoms with van der Waals surface area (Å²) in [6.07, 6.45) is 10.0. The average molecular weight is 324 g/mol. The summed E-state index contributed by atoms with van der Waals surface area (Å²) in [5, 5.41) is 3.14. The Hall–Kier alpha value is -2.56. The van der Waals surface area contributed by atoms with Crippen LogP contribution in [0.2, 0.25) is 0 Å². The van der Waals surface area contributed by atoms with Gasteiger partial charge in [-0.05, 0) is 24.3 Å². The van der Waals surface area contributed by atoms with Crippen LogP contribution in [0.1, 0.15) is 30.3 Å². The first-order valence-electron chi connectivity index (χ1n) is 8.35. The Balaban J connectivity index is 1.57. The maximum absolute atomic E-state index is 12.5. The van der Waals surface area contributed by atoms with Crippen molar-refractivity contribution in [1.29, 1.82) is 0 Å². The minimum Gasteiger partial charge on any atom is -0.336 e. The van der Waals surface area contributed by atoms with Gasteiger partial charge in [0.05, 0.1) is 6.04 Å². The molecule has 0 bridgehead atoms. The van der Waals surface area contributed by atoms with Gasteiger partial charge in [0.1, 0.15) is 5.82 Å². The van der Waals surface area contributed by atoms with Crippen LogP contribution in [-0.4, -0.2) is 34.1 Å². The summed E-state index contributed by atoms with van der Waals surface area (Å²) in [7, 11) is 3.78. The zero-order valence-electron chi connectivity index (χ0n) is 14.2. The number of aryl methyl sites for hydroxylation is 1. The van der Waals surface area contributed by atoms with Crippen molar-refractivity contribution in [3.8, 4) is 0 Å². The number of carbonyl (C=O) groups is 1. The zero-order valence-corrected chi connectivity index (χ0v) is 14.2. The SMILES string of the molecule is CN(C/C=C/c1ccccc1)C(=O)NC(c1nccn1C)C1CC1. The molecule has 126 valence electrons. The van der Waals surface area contributed by atoms with E-state index in [4.69, 9.17) is 0 Å². The average Bonchev–Trinajstić information content (AvgIpc) is 3.35. The molecule has 1 N–H and O–H groups in total. The first-order valence-corrected chi connectivity index (χ1v) is 8.35. The molecule has 1 saturated carbocycles. The Morgan fingerprint density at radius 3 is 2.79 bits per heavy atom. The van der Waals surface area contributed by atoms with Crippen molar-refractivity contribution in [1.82, 2.24) is 19.8 Å². The molecule has 1 fully saturated rings. The molecule has 1 unspecified atom stereocenters. The zero-order chi connectivity index (χ0) is 16.9. The number of amides is 2. The molecular weight excluding hydrogens is 300 g/mol. The summed E-state index contributed by atoms with van der Waals surface area (Å²) in [5.74, 6) is 1.43. The van der Waals surface area contributed by atoms with E-state index in [-0.39, 0.29) is 12.1 Å². The Labute approximate surface area is 143 Å². The Kier molecular flexibility index (Phi) is 4.99. The van der Waals surface area contributed by atoms with Crippen LogP contribution >= 0.6 is 0 Å². The minimum absolute atomic E-state index is 0.00180. The van der Waals surface area contributed by atoms with E-state index in [0.29, 0.717) is 12.5 Å². The molecule has 2 aromatic rings.